The Morgan fingerprint density at radius 3 is 2.44 bits per heavy atom. The zero-order valence-electron chi connectivity index (χ0n) is 15.5. The van der Waals surface area contributed by atoms with Gasteiger partial charge < -0.3 is 14.8 Å². The van der Waals surface area contributed by atoms with Gasteiger partial charge in [0.25, 0.3) is 0 Å². The molecule has 0 aliphatic rings. The first-order chi connectivity index (χ1) is 12.9. The van der Waals surface area contributed by atoms with Crippen molar-refractivity contribution < 1.29 is 18.3 Å². The summed E-state index contributed by atoms with van der Waals surface area (Å²) in [6.45, 7) is 4.31. The van der Waals surface area contributed by atoms with Gasteiger partial charge in [0.1, 0.15) is 22.4 Å². The van der Waals surface area contributed by atoms with Crippen LogP contribution < -0.4 is 4.74 Å². The van der Waals surface area contributed by atoms with Gasteiger partial charge in [-0.3, -0.25) is 0 Å². The van der Waals surface area contributed by atoms with Crippen LogP contribution in [0.2, 0.25) is 0 Å². The summed E-state index contributed by atoms with van der Waals surface area (Å²) in [7, 11) is -2.13. The fourth-order valence-electron chi connectivity index (χ4n) is 3.15. The first-order valence-electron chi connectivity index (χ1n) is 8.72. The molecule has 8 heteroatoms. The minimum Gasteiger partial charge on any atom is -0.497 e. The van der Waals surface area contributed by atoms with E-state index in [4.69, 9.17) is 4.74 Å². The molecule has 1 unspecified atom stereocenters. The Bertz CT molecular complexity index is 1020. The number of aliphatic hydroxyl groups is 1. The van der Waals surface area contributed by atoms with Crippen molar-refractivity contribution in [1.82, 2.24) is 14.3 Å². The molecule has 144 valence electrons. The molecule has 3 rings (SSSR count). The van der Waals surface area contributed by atoms with Crippen LogP contribution in [0, 0.1) is 0 Å². The zero-order valence-corrected chi connectivity index (χ0v) is 16.3. The van der Waals surface area contributed by atoms with Crippen molar-refractivity contribution in [2.24, 2.45) is 0 Å². The van der Waals surface area contributed by atoms with Gasteiger partial charge in [-0.2, -0.15) is 4.31 Å². The number of pyridine rings is 1. The predicted molar refractivity (Wildman–Crippen MR) is 103 cm³/mol. The van der Waals surface area contributed by atoms with Gasteiger partial charge in [0.2, 0.25) is 10.0 Å². The van der Waals surface area contributed by atoms with Crippen LogP contribution in [-0.2, 0) is 10.0 Å². The lowest BCUT2D eigenvalue weighted by Crippen LogP contribution is -2.30. The van der Waals surface area contributed by atoms with E-state index in [1.807, 2.05) is 0 Å². The van der Waals surface area contributed by atoms with Crippen molar-refractivity contribution >= 4 is 21.1 Å². The number of sulfonamides is 1. The molecule has 7 nitrogen and oxygen atoms in total. The largest absolute Gasteiger partial charge is 0.497 e. The molecule has 0 spiro atoms. The Labute approximate surface area is 158 Å². The van der Waals surface area contributed by atoms with Crippen molar-refractivity contribution in [3.05, 3.63) is 53.9 Å². The summed E-state index contributed by atoms with van der Waals surface area (Å²) in [4.78, 5) is 7.26. The number of hydrogen-bond donors (Lipinski definition) is 2. The number of H-pyrrole nitrogens is 1. The summed E-state index contributed by atoms with van der Waals surface area (Å²) in [5, 5.41) is 11.3. The summed E-state index contributed by atoms with van der Waals surface area (Å²) in [5.74, 6) is 0.678. The third-order valence-electron chi connectivity index (χ3n) is 4.62. The van der Waals surface area contributed by atoms with E-state index in [1.165, 1.54) is 10.5 Å². The van der Waals surface area contributed by atoms with Gasteiger partial charge >= 0.3 is 0 Å². The molecule has 0 radical (unpaired) electrons. The molecule has 0 amide bonds. The zero-order chi connectivity index (χ0) is 19.6. The van der Waals surface area contributed by atoms with Crippen molar-refractivity contribution in [3.63, 3.8) is 0 Å². The molecular weight excluding hydrogens is 366 g/mol. The Balaban J connectivity index is 2.15. The third-order valence-corrected chi connectivity index (χ3v) is 6.69. The minimum absolute atomic E-state index is 0.122. The number of benzene rings is 1. The van der Waals surface area contributed by atoms with E-state index in [2.05, 4.69) is 9.97 Å². The van der Waals surface area contributed by atoms with E-state index in [9.17, 15) is 13.5 Å². The van der Waals surface area contributed by atoms with Crippen LogP contribution in [-0.4, -0.2) is 48.0 Å². The second-order valence-electron chi connectivity index (χ2n) is 6.04. The number of nitrogens with zero attached hydrogens (tertiary/aromatic N) is 2. The summed E-state index contributed by atoms with van der Waals surface area (Å²) in [6.07, 6.45) is 1.99. The summed E-state index contributed by atoms with van der Waals surface area (Å²) in [6, 6.07) is 8.65. The molecule has 2 aromatic heterocycles. The maximum absolute atomic E-state index is 13.0. The van der Waals surface area contributed by atoms with Crippen LogP contribution in [0.25, 0.3) is 11.0 Å². The van der Waals surface area contributed by atoms with Crippen LogP contribution in [0.4, 0.5) is 0 Å². The Morgan fingerprint density at radius 2 is 1.85 bits per heavy atom. The first-order valence-corrected chi connectivity index (χ1v) is 10.2. The fraction of sp³-hybridized carbons (Fsp3) is 0.316. The Kier molecular flexibility index (Phi) is 5.50. The number of nitrogens with one attached hydrogen (secondary N) is 1. The molecule has 1 aromatic carbocycles. The second kappa shape index (κ2) is 7.67. The fourth-order valence-corrected chi connectivity index (χ4v) is 4.79. The molecule has 1 atom stereocenters. The van der Waals surface area contributed by atoms with Crippen molar-refractivity contribution in [2.75, 3.05) is 20.2 Å². The monoisotopic (exact) mass is 389 g/mol. The van der Waals surface area contributed by atoms with Crippen LogP contribution in [0.5, 0.6) is 5.75 Å². The van der Waals surface area contributed by atoms with Gasteiger partial charge in [-0.05, 0) is 29.3 Å². The second-order valence-corrected chi connectivity index (χ2v) is 7.95. The number of aromatic nitrogens is 2. The predicted octanol–water partition coefficient (Wildman–Crippen LogP) is 2.68. The number of fused-ring (bicyclic) bond motifs is 1. The molecule has 0 bridgehead atoms. The standard InChI is InChI=1S/C19H23N3O4S/c1-4-22(5-2)27(24,25)16-12-21-19-17(16)15(10-11-20-19)18(23)13-6-8-14(26-3)9-7-13/h6-12,18,23H,4-5H2,1-3H3,(H,20,21). The number of ether oxygens (including phenoxy) is 1. The normalized spacial score (nSPS) is 13.2. The van der Waals surface area contributed by atoms with Gasteiger partial charge in [0.15, 0.2) is 0 Å². The van der Waals surface area contributed by atoms with Crippen LogP contribution in [0.15, 0.2) is 47.6 Å². The summed E-state index contributed by atoms with van der Waals surface area (Å²) >= 11 is 0. The summed E-state index contributed by atoms with van der Waals surface area (Å²) < 4.78 is 32.6. The van der Waals surface area contributed by atoms with E-state index < -0.39 is 16.1 Å². The third kappa shape index (κ3) is 3.43. The smallest absolute Gasteiger partial charge is 0.245 e. The molecule has 2 heterocycles. The molecule has 0 aliphatic heterocycles. The number of aromatic amines is 1. The maximum atomic E-state index is 13.0. The summed E-state index contributed by atoms with van der Waals surface area (Å²) in [5.41, 5.74) is 1.54. The highest BCUT2D eigenvalue weighted by Gasteiger charge is 2.28. The minimum atomic E-state index is -3.70. The lowest BCUT2D eigenvalue weighted by Gasteiger charge is -2.19. The number of rotatable bonds is 7. The number of methoxy groups -OCH3 is 1. The molecule has 27 heavy (non-hydrogen) atoms. The van der Waals surface area contributed by atoms with Crippen LogP contribution >= 0.6 is 0 Å². The Hall–Kier alpha value is -2.42. The average molecular weight is 389 g/mol. The molecule has 0 aliphatic carbocycles. The van der Waals surface area contributed by atoms with Crippen molar-refractivity contribution in [2.45, 2.75) is 24.8 Å². The van der Waals surface area contributed by atoms with Gasteiger partial charge in [-0.15, -0.1) is 0 Å². The molecule has 0 saturated carbocycles. The molecule has 3 aromatic rings. The highest BCUT2D eigenvalue weighted by molar-refractivity contribution is 7.89. The average Bonchev–Trinajstić information content (AvgIpc) is 3.13. The van der Waals surface area contributed by atoms with E-state index in [0.29, 0.717) is 41.0 Å². The molecule has 2 N–H and O–H groups in total. The van der Waals surface area contributed by atoms with Gasteiger partial charge in [0.05, 0.1) is 7.11 Å². The lowest BCUT2D eigenvalue weighted by atomic mass is 10.00. The molecule has 0 fully saturated rings. The molecule has 0 saturated heterocycles. The SMILES string of the molecule is CCN(CC)S(=O)(=O)c1c[nH]c2nccc(C(O)c3ccc(OC)cc3)c12. The maximum Gasteiger partial charge on any atom is 0.245 e. The first kappa shape index (κ1) is 19.3. The van der Waals surface area contributed by atoms with E-state index in [-0.39, 0.29) is 4.90 Å². The topological polar surface area (TPSA) is 95.5 Å². The highest BCUT2D eigenvalue weighted by atomic mass is 32.2. The van der Waals surface area contributed by atoms with Crippen molar-refractivity contribution in [3.8, 4) is 5.75 Å². The van der Waals surface area contributed by atoms with Crippen LogP contribution in [0.1, 0.15) is 31.1 Å². The van der Waals surface area contributed by atoms with Gasteiger partial charge in [0, 0.05) is 30.9 Å². The van der Waals surface area contributed by atoms with Gasteiger partial charge in [-0.1, -0.05) is 26.0 Å². The quantitative estimate of drug-likeness (QED) is 0.648. The van der Waals surface area contributed by atoms with Crippen LogP contribution in [0.3, 0.4) is 0 Å². The number of hydrogen-bond acceptors (Lipinski definition) is 5. The van der Waals surface area contributed by atoms with E-state index in [1.54, 1.807) is 57.5 Å². The van der Waals surface area contributed by atoms with Gasteiger partial charge in [-0.25, -0.2) is 13.4 Å². The van der Waals surface area contributed by atoms with E-state index in [0.717, 1.165) is 0 Å². The lowest BCUT2D eigenvalue weighted by molar-refractivity contribution is 0.221. The Morgan fingerprint density at radius 1 is 1.19 bits per heavy atom. The van der Waals surface area contributed by atoms with E-state index >= 15 is 0 Å². The van der Waals surface area contributed by atoms with Crippen molar-refractivity contribution in [1.29, 1.82) is 0 Å². The molecular formula is C19H23N3O4S. The number of aliphatic hydroxyl groups excluding tert-OH is 1. The highest BCUT2D eigenvalue weighted by Crippen LogP contribution is 2.33.